The Kier molecular flexibility index (Phi) is 6.30. The van der Waals surface area contributed by atoms with Crippen LogP contribution in [0.4, 0.5) is 5.82 Å². The van der Waals surface area contributed by atoms with Crippen LogP contribution < -0.4 is 4.90 Å². The van der Waals surface area contributed by atoms with Gasteiger partial charge in [-0.05, 0) is 50.1 Å². The van der Waals surface area contributed by atoms with Crippen molar-refractivity contribution < 1.29 is 0 Å². The van der Waals surface area contributed by atoms with E-state index in [9.17, 15) is 0 Å². The van der Waals surface area contributed by atoms with Crippen LogP contribution in [0.3, 0.4) is 0 Å². The van der Waals surface area contributed by atoms with E-state index in [1.807, 2.05) is 6.92 Å². The van der Waals surface area contributed by atoms with Gasteiger partial charge in [-0.3, -0.25) is 4.90 Å². The molecule has 0 unspecified atom stereocenters. The molecule has 0 spiro atoms. The quantitative estimate of drug-likeness (QED) is 0.795. The molecule has 3 atom stereocenters. The Morgan fingerprint density at radius 2 is 1.68 bits per heavy atom. The van der Waals surface area contributed by atoms with Gasteiger partial charge in [0.2, 0.25) is 0 Å². The number of aromatic nitrogens is 2. The predicted octanol–water partition coefficient (Wildman–Crippen LogP) is 3.68. The zero-order chi connectivity index (χ0) is 16.0. The molecule has 2 saturated heterocycles. The molecule has 4 rings (SSSR count). The Bertz CT molecular complexity index is 707. The Hall–Kier alpha value is -1.36. The van der Waals surface area contributed by atoms with Crippen molar-refractivity contribution >= 4 is 30.6 Å². The van der Waals surface area contributed by atoms with Gasteiger partial charge >= 0.3 is 0 Å². The van der Waals surface area contributed by atoms with E-state index in [-0.39, 0.29) is 24.8 Å². The highest BCUT2D eigenvalue weighted by Crippen LogP contribution is 2.45. The monoisotopic (exact) mass is 380 g/mol. The number of likely N-dealkylation sites (tertiary alicyclic amines) is 1. The van der Waals surface area contributed by atoms with Crippen molar-refractivity contribution in [3.8, 4) is 0 Å². The van der Waals surface area contributed by atoms with Crippen LogP contribution in [0.2, 0.25) is 0 Å². The number of rotatable bonds is 2. The highest BCUT2D eigenvalue weighted by molar-refractivity contribution is 5.85. The molecule has 1 aromatic heterocycles. The smallest absolute Gasteiger partial charge is 0.151 e. The molecule has 2 aliphatic heterocycles. The maximum absolute atomic E-state index is 4.38. The van der Waals surface area contributed by atoms with E-state index in [1.165, 1.54) is 17.7 Å². The molecule has 0 radical (unpaired) electrons. The van der Waals surface area contributed by atoms with Gasteiger partial charge in [0.15, 0.2) is 5.82 Å². The molecule has 0 aliphatic carbocycles. The topological polar surface area (TPSA) is 32.3 Å². The van der Waals surface area contributed by atoms with Gasteiger partial charge in [0.05, 0.1) is 5.69 Å². The fourth-order valence-corrected chi connectivity index (χ4v) is 4.39. The summed E-state index contributed by atoms with van der Waals surface area (Å²) in [6, 6.07) is 13.5. The zero-order valence-corrected chi connectivity index (χ0v) is 16.6. The Labute approximate surface area is 162 Å². The number of hydrogen-bond donors (Lipinski definition) is 0. The maximum atomic E-state index is 4.38. The minimum atomic E-state index is 0. The van der Waals surface area contributed by atoms with Gasteiger partial charge in [0.1, 0.15) is 0 Å². The summed E-state index contributed by atoms with van der Waals surface area (Å²) in [6.07, 6.45) is 0. The first-order valence-electron chi connectivity index (χ1n) is 8.44. The van der Waals surface area contributed by atoms with Crippen molar-refractivity contribution in [2.45, 2.75) is 19.9 Å². The minimum absolute atomic E-state index is 0. The van der Waals surface area contributed by atoms with Crippen molar-refractivity contribution in [3.05, 3.63) is 53.2 Å². The van der Waals surface area contributed by atoms with E-state index in [0.717, 1.165) is 24.6 Å². The van der Waals surface area contributed by atoms with Crippen molar-refractivity contribution in [1.29, 1.82) is 0 Å². The number of aryl methyl sites for hydroxylation is 2. The highest BCUT2D eigenvalue weighted by Gasteiger charge is 2.46. The number of hydrogen-bond acceptors (Lipinski definition) is 4. The lowest BCUT2D eigenvalue weighted by Gasteiger charge is -2.28. The van der Waals surface area contributed by atoms with Crippen LogP contribution in [0, 0.1) is 25.7 Å². The van der Waals surface area contributed by atoms with Gasteiger partial charge in [-0.25, -0.2) is 0 Å². The molecular weight excluding hydrogens is 355 g/mol. The molecule has 2 fully saturated rings. The first-order valence-corrected chi connectivity index (χ1v) is 8.44. The van der Waals surface area contributed by atoms with E-state index < -0.39 is 0 Å². The SMILES string of the molecule is Cc1ccc(N2C[C@@H]3CN(C)[C@@H](c4ccccc4C)[C@@H]3C2)nn1.Cl.Cl. The summed E-state index contributed by atoms with van der Waals surface area (Å²) < 4.78 is 0. The number of fused-ring (bicyclic) bond motifs is 1. The molecule has 136 valence electrons. The van der Waals surface area contributed by atoms with Crippen LogP contribution in [0.25, 0.3) is 0 Å². The van der Waals surface area contributed by atoms with Crippen molar-refractivity contribution in [1.82, 2.24) is 15.1 Å². The van der Waals surface area contributed by atoms with Crippen LogP contribution in [0.15, 0.2) is 36.4 Å². The van der Waals surface area contributed by atoms with Crippen LogP contribution in [-0.4, -0.2) is 41.8 Å². The summed E-state index contributed by atoms with van der Waals surface area (Å²) in [5.74, 6) is 2.41. The van der Waals surface area contributed by atoms with Gasteiger partial charge in [-0.15, -0.1) is 29.9 Å². The molecule has 4 nitrogen and oxygen atoms in total. The van der Waals surface area contributed by atoms with E-state index in [2.05, 4.69) is 70.4 Å². The Balaban J connectivity index is 0.00000113. The van der Waals surface area contributed by atoms with E-state index in [0.29, 0.717) is 17.9 Å². The number of halogens is 2. The van der Waals surface area contributed by atoms with Crippen LogP contribution in [0.1, 0.15) is 22.9 Å². The van der Waals surface area contributed by atoms with Crippen LogP contribution >= 0.6 is 24.8 Å². The third-order valence-electron chi connectivity index (χ3n) is 5.51. The number of benzene rings is 1. The molecule has 0 amide bonds. The van der Waals surface area contributed by atoms with Gasteiger partial charge in [0.25, 0.3) is 0 Å². The second kappa shape index (κ2) is 7.90. The first-order chi connectivity index (χ1) is 11.1. The molecule has 0 bridgehead atoms. The van der Waals surface area contributed by atoms with Crippen molar-refractivity contribution in [2.24, 2.45) is 11.8 Å². The summed E-state index contributed by atoms with van der Waals surface area (Å²) in [7, 11) is 2.27. The third kappa shape index (κ3) is 3.62. The maximum Gasteiger partial charge on any atom is 0.151 e. The van der Waals surface area contributed by atoms with Crippen LogP contribution in [0.5, 0.6) is 0 Å². The molecule has 25 heavy (non-hydrogen) atoms. The number of anilines is 1. The molecule has 0 saturated carbocycles. The van der Waals surface area contributed by atoms with Gasteiger partial charge in [0, 0.05) is 31.6 Å². The van der Waals surface area contributed by atoms with Gasteiger partial charge in [-0.1, -0.05) is 24.3 Å². The lowest BCUT2D eigenvalue weighted by molar-refractivity contribution is 0.279. The number of nitrogens with zero attached hydrogens (tertiary/aromatic N) is 4. The van der Waals surface area contributed by atoms with Gasteiger partial charge in [-0.2, -0.15) is 5.10 Å². The Morgan fingerprint density at radius 3 is 2.36 bits per heavy atom. The minimum Gasteiger partial charge on any atom is -0.354 e. The normalized spacial score (nSPS) is 25.2. The third-order valence-corrected chi connectivity index (χ3v) is 5.51. The molecule has 0 N–H and O–H groups in total. The second-order valence-electron chi connectivity index (χ2n) is 7.10. The average molecular weight is 381 g/mol. The van der Waals surface area contributed by atoms with Crippen molar-refractivity contribution in [3.63, 3.8) is 0 Å². The lowest BCUT2D eigenvalue weighted by atomic mass is 9.88. The fraction of sp³-hybridized carbons (Fsp3) is 0.474. The largest absolute Gasteiger partial charge is 0.354 e. The van der Waals surface area contributed by atoms with Crippen LogP contribution in [-0.2, 0) is 0 Å². The molecule has 2 aromatic rings. The molecule has 6 heteroatoms. The summed E-state index contributed by atoms with van der Waals surface area (Å²) in [6.45, 7) is 7.55. The molecular formula is C19H26Cl2N4. The lowest BCUT2D eigenvalue weighted by Crippen LogP contribution is -2.29. The van der Waals surface area contributed by atoms with Crippen molar-refractivity contribution in [2.75, 3.05) is 31.6 Å². The fourth-order valence-electron chi connectivity index (χ4n) is 4.39. The highest BCUT2D eigenvalue weighted by atomic mass is 35.5. The average Bonchev–Trinajstić information content (AvgIpc) is 3.06. The summed E-state index contributed by atoms with van der Waals surface area (Å²) in [4.78, 5) is 4.95. The zero-order valence-electron chi connectivity index (χ0n) is 14.9. The molecule has 1 aromatic carbocycles. The second-order valence-corrected chi connectivity index (χ2v) is 7.10. The standard InChI is InChI=1S/C19H24N4.2ClH/c1-13-6-4-5-7-16(13)19-17-12-23(11-15(17)10-22(19)3)18-9-8-14(2)20-21-18;;/h4-9,15,17,19H,10-12H2,1-3H3;2*1H/t15-,17+,19-;;/m0../s1. The first kappa shape index (κ1) is 20.0. The predicted molar refractivity (Wildman–Crippen MR) is 107 cm³/mol. The van der Waals surface area contributed by atoms with Gasteiger partial charge < -0.3 is 4.90 Å². The van der Waals surface area contributed by atoms with E-state index in [1.54, 1.807) is 0 Å². The molecule has 2 aliphatic rings. The van der Waals surface area contributed by atoms with E-state index >= 15 is 0 Å². The van der Waals surface area contributed by atoms with E-state index in [4.69, 9.17) is 0 Å². The summed E-state index contributed by atoms with van der Waals surface area (Å²) in [5, 5.41) is 8.61. The molecule has 3 heterocycles. The Morgan fingerprint density at radius 1 is 0.920 bits per heavy atom. The summed E-state index contributed by atoms with van der Waals surface area (Å²) >= 11 is 0. The summed E-state index contributed by atoms with van der Waals surface area (Å²) in [5.41, 5.74) is 3.86.